The van der Waals surface area contributed by atoms with Crippen LogP contribution in [-0.2, 0) is 0 Å². The summed E-state index contributed by atoms with van der Waals surface area (Å²) in [4.78, 5) is 14.1. The lowest BCUT2D eigenvalue weighted by atomic mass is 9.85. The van der Waals surface area contributed by atoms with Gasteiger partial charge >= 0.3 is 0 Å². The van der Waals surface area contributed by atoms with Gasteiger partial charge in [-0.25, -0.2) is 0 Å². The van der Waals surface area contributed by atoms with Gasteiger partial charge < -0.3 is 4.98 Å². The zero-order chi connectivity index (χ0) is 16.5. The summed E-state index contributed by atoms with van der Waals surface area (Å²) in [5, 5.41) is 12.0. The number of nitrogens with one attached hydrogen (secondary N) is 1. The fourth-order valence-electron chi connectivity index (χ4n) is 3.37. The third-order valence-electron chi connectivity index (χ3n) is 4.49. The number of benzene rings is 2. The Labute approximate surface area is 139 Å². The van der Waals surface area contributed by atoms with Crippen molar-refractivity contribution in [3.05, 3.63) is 99.8 Å². The van der Waals surface area contributed by atoms with Crippen molar-refractivity contribution in [3.63, 3.8) is 0 Å². The van der Waals surface area contributed by atoms with Crippen molar-refractivity contribution >= 4 is 16.6 Å². The van der Waals surface area contributed by atoms with E-state index in [-0.39, 0.29) is 16.5 Å². The number of nitro groups is 1. The summed E-state index contributed by atoms with van der Waals surface area (Å²) in [7, 11) is 0. The molecule has 1 aromatic heterocycles. The maximum absolute atomic E-state index is 11.1. The van der Waals surface area contributed by atoms with Crippen LogP contribution in [0.15, 0.2) is 78.5 Å². The number of nitrogens with zero attached hydrogens (tertiary/aromatic N) is 1. The predicted octanol–water partition coefficient (Wildman–Crippen LogP) is 5.09. The molecule has 0 saturated carbocycles. The first-order valence-corrected chi connectivity index (χ1v) is 7.91. The van der Waals surface area contributed by atoms with Gasteiger partial charge in [-0.05, 0) is 29.2 Å². The Morgan fingerprint density at radius 1 is 1.12 bits per heavy atom. The van der Waals surface area contributed by atoms with Crippen LogP contribution >= 0.6 is 0 Å². The van der Waals surface area contributed by atoms with Gasteiger partial charge in [0.15, 0.2) is 0 Å². The molecule has 0 radical (unpaired) electrons. The van der Waals surface area contributed by atoms with Crippen molar-refractivity contribution in [3.8, 4) is 0 Å². The molecule has 1 aliphatic rings. The Kier molecular flexibility index (Phi) is 3.50. The molecule has 0 spiro atoms. The van der Waals surface area contributed by atoms with E-state index in [0.717, 1.165) is 22.9 Å². The molecular formula is C20H16N2O2. The number of hydrogen-bond donors (Lipinski definition) is 1. The van der Waals surface area contributed by atoms with Crippen LogP contribution in [0, 0.1) is 10.1 Å². The minimum atomic E-state index is -0.345. The van der Waals surface area contributed by atoms with Gasteiger partial charge in [0, 0.05) is 35.2 Å². The average Bonchev–Trinajstić information content (AvgIpc) is 3.26. The highest BCUT2D eigenvalue weighted by Crippen LogP contribution is 2.39. The van der Waals surface area contributed by atoms with Crippen LogP contribution in [0.2, 0.25) is 0 Å². The molecule has 4 nitrogen and oxygen atoms in total. The van der Waals surface area contributed by atoms with Crippen LogP contribution in [0.4, 0.5) is 5.69 Å². The van der Waals surface area contributed by atoms with Gasteiger partial charge in [0.25, 0.3) is 5.69 Å². The second-order valence-electron chi connectivity index (χ2n) is 5.92. The molecule has 3 aromatic rings. The molecule has 1 N–H and O–H groups in total. The number of H-pyrrole nitrogens is 1. The smallest absolute Gasteiger partial charge is 0.270 e. The van der Waals surface area contributed by atoms with Crippen molar-refractivity contribution in [2.45, 2.75) is 12.3 Å². The monoisotopic (exact) mass is 316 g/mol. The summed E-state index contributed by atoms with van der Waals surface area (Å²) in [6.07, 6.45) is 9.41. The number of nitro benzene ring substituents is 1. The first kappa shape index (κ1) is 14.5. The second kappa shape index (κ2) is 5.81. The summed E-state index contributed by atoms with van der Waals surface area (Å²) >= 11 is 0. The van der Waals surface area contributed by atoms with Gasteiger partial charge in [-0.2, -0.15) is 0 Å². The maximum Gasteiger partial charge on any atom is 0.270 e. The van der Waals surface area contributed by atoms with Crippen molar-refractivity contribution in [1.29, 1.82) is 0 Å². The molecule has 0 aliphatic heterocycles. The Hall–Kier alpha value is -3.14. The van der Waals surface area contributed by atoms with E-state index in [2.05, 4.69) is 35.3 Å². The van der Waals surface area contributed by atoms with Crippen molar-refractivity contribution in [1.82, 2.24) is 4.98 Å². The number of aromatic amines is 1. The highest BCUT2D eigenvalue weighted by molar-refractivity contribution is 5.87. The van der Waals surface area contributed by atoms with Gasteiger partial charge in [0.2, 0.25) is 0 Å². The zero-order valence-corrected chi connectivity index (χ0v) is 13.0. The maximum atomic E-state index is 11.1. The van der Waals surface area contributed by atoms with Crippen LogP contribution < -0.4 is 0 Å². The number of allylic oxidation sites excluding steroid dienone is 4. The molecule has 1 atom stereocenters. The van der Waals surface area contributed by atoms with Crippen molar-refractivity contribution in [2.24, 2.45) is 0 Å². The molecule has 0 saturated heterocycles. The first-order valence-electron chi connectivity index (χ1n) is 7.91. The van der Waals surface area contributed by atoms with E-state index in [1.807, 2.05) is 24.4 Å². The Bertz CT molecular complexity index is 968. The minimum absolute atomic E-state index is 0.0701. The summed E-state index contributed by atoms with van der Waals surface area (Å²) in [5.41, 5.74) is 4.51. The molecule has 0 amide bonds. The number of aromatic nitrogens is 1. The van der Waals surface area contributed by atoms with E-state index < -0.39 is 0 Å². The van der Waals surface area contributed by atoms with Crippen molar-refractivity contribution < 1.29 is 4.92 Å². The van der Waals surface area contributed by atoms with Crippen LogP contribution in [0.3, 0.4) is 0 Å². The van der Waals surface area contributed by atoms with E-state index >= 15 is 0 Å². The topological polar surface area (TPSA) is 58.9 Å². The fourth-order valence-corrected chi connectivity index (χ4v) is 3.37. The molecular weight excluding hydrogens is 300 g/mol. The molecule has 4 rings (SSSR count). The highest BCUT2D eigenvalue weighted by atomic mass is 16.6. The van der Waals surface area contributed by atoms with Crippen LogP contribution in [0.25, 0.3) is 10.9 Å². The molecule has 24 heavy (non-hydrogen) atoms. The molecule has 0 fully saturated rings. The lowest BCUT2D eigenvalue weighted by Crippen LogP contribution is -2.02. The molecule has 0 bridgehead atoms. The minimum Gasteiger partial charge on any atom is -0.361 e. The molecule has 2 aromatic carbocycles. The SMILES string of the molecule is O=[N+]([O-])c1ccc2[nH]cc(C(C3=CCC=C3)c3ccccc3)c2c1. The molecule has 1 unspecified atom stereocenters. The Morgan fingerprint density at radius 2 is 1.96 bits per heavy atom. The van der Waals surface area contributed by atoms with Crippen LogP contribution in [0.5, 0.6) is 0 Å². The van der Waals surface area contributed by atoms with E-state index in [9.17, 15) is 10.1 Å². The van der Waals surface area contributed by atoms with Crippen molar-refractivity contribution in [2.75, 3.05) is 0 Å². The standard InChI is InChI=1S/C20H16N2O2/c23-22(24)16-10-11-19-17(12-16)18(13-21-19)20(15-8-4-5-9-15)14-6-2-1-3-7-14/h1-4,6-13,20-21H,5H2. The molecule has 1 heterocycles. The van der Waals surface area contributed by atoms with E-state index in [1.54, 1.807) is 12.1 Å². The largest absolute Gasteiger partial charge is 0.361 e. The van der Waals surface area contributed by atoms with E-state index in [4.69, 9.17) is 0 Å². The number of rotatable bonds is 4. The van der Waals surface area contributed by atoms with Gasteiger partial charge in [-0.3, -0.25) is 10.1 Å². The normalized spacial score (nSPS) is 14.8. The Morgan fingerprint density at radius 3 is 2.67 bits per heavy atom. The average molecular weight is 316 g/mol. The molecule has 1 aliphatic carbocycles. The summed E-state index contributed by atoms with van der Waals surface area (Å²) in [5.74, 6) is 0.0701. The van der Waals surface area contributed by atoms with Crippen LogP contribution in [-0.4, -0.2) is 9.91 Å². The van der Waals surface area contributed by atoms with Gasteiger partial charge in [0.1, 0.15) is 0 Å². The lowest BCUT2D eigenvalue weighted by Gasteiger charge is -2.18. The summed E-state index contributed by atoms with van der Waals surface area (Å²) < 4.78 is 0. The quantitative estimate of drug-likeness (QED) is 0.538. The second-order valence-corrected chi connectivity index (χ2v) is 5.92. The fraction of sp³-hybridized carbons (Fsp3) is 0.100. The third-order valence-corrected chi connectivity index (χ3v) is 4.49. The first-order chi connectivity index (χ1) is 11.7. The molecule has 118 valence electrons. The number of non-ortho nitro benzene ring substituents is 1. The lowest BCUT2D eigenvalue weighted by molar-refractivity contribution is -0.384. The van der Waals surface area contributed by atoms with Crippen LogP contribution in [0.1, 0.15) is 23.5 Å². The number of fused-ring (bicyclic) bond motifs is 1. The summed E-state index contributed by atoms with van der Waals surface area (Å²) in [6, 6.07) is 15.2. The highest BCUT2D eigenvalue weighted by Gasteiger charge is 2.22. The number of hydrogen-bond acceptors (Lipinski definition) is 2. The third kappa shape index (κ3) is 2.42. The van der Waals surface area contributed by atoms with E-state index in [1.165, 1.54) is 17.2 Å². The molecule has 4 heteroatoms. The van der Waals surface area contributed by atoms with E-state index in [0.29, 0.717) is 0 Å². The Balaban J connectivity index is 1.92. The van der Waals surface area contributed by atoms with Gasteiger partial charge in [-0.15, -0.1) is 0 Å². The zero-order valence-electron chi connectivity index (χ0n) is 13.0. The predicted molar refractivity (Wildman–Crippen MR) is 95.1 cm³/mol. The summed E-state index contributed by atoms with van der Waals surface area (Å²) in [6.45, 7) is 0. The van der Waals surface area contributed by atoms with Gasteiger partial charge in [0.05, 0.1) is 4.92 Å². The van der Waals surface area contributed by atoms with Gasteiger partial charge in [-0.1, -0.05) is 48.6 Å².